The highest BCUT2D eigenvalue weighted by Gasteiger charge is 2.13. The van der Waals surface area contributed by atoms with Crippen molar-refractivity contribution in [2.45, 2.75) is 12.8 Å². The molecular weight excluding hydrogens is 254 g/mol. The van der Waals surface area contributed by atoms with E-state index >= 15 is 0 Å². The van der Waals surface area contributed by atoms with Crippen LogP contribution in [0.3, 0.4) is 0 Å². The van der Waals surface area contributed by atoms with Gasteiger partial charge < -0.3 is 10.1 Å². The summed E-state index contributed by atoms with van der Waals surface area (Å²) >= 11 is 3.40. The monoisotopic (exact) mass is 269 g/mol. The molecule has 1 saturated heterocycles. The molecule has 1 aromatic carbocycles. The maximum Gasteiger partial charge on any atom is 0.119 e. The van der Waals surface area contributed by atoms with E-state index in [-0.39, 0.29) is 0 Å². The average molecular weight is 270 g/mol. The molecular formula is C12H16BrNO. The van der Waals surface area contributed by atoms with E-state index in [1.54, 1.807) is 0 Å². The lowest BCUT2D eigenvalue weighted by molar-refractivity contribution is 0.283. The lowest BCUT2D eigenvalue weighted by Gasteiger charge is -2.09. The van der Waals surface area contributed by atoms with Gasteiger partial charge in [0.2, 0.25) is 0 Å². The third-order valence-electron chi connectivity index (χ3n) is 2.77. The predicted molar refractivity (Wildman–Crippen MR) is 65.2 cm³/mol. The first kappa shape index (κ1) is 11.0. The summed E-state index contributed by atoms with van der Waals surface area (Å²) in [5.74, 6) is 1.77. The Hall–Kier alpha value is -0.540. The summed E-state index contributed by atoms with van der Waals surface area (Å²) in [7, 11) is 0. The van der Waals surface area contributed by atoms with Crippen molar-refractivity contribution in [3.8, 4) is 5.75 Å². The number of benzene rings is 1. The second-order valence-corrected chi connectivity index (χ2v) is 4.87. The number of hydrogen-bond donors (Lipinski definition) is 1. The van der Waals surface area contributed by atoms with Crippen molar-refractivity contribution in [2.75, 3.05) is 19.7 Å². The molecule has 3 heteroatoms. The van der Waals surface area contributed by atoms with Crippen molar-refractivity contribution in [2.24, 2.45) is 5.92 Å². The third-order valence-corrected chi connectivity index (χ3v) is 3.30. The Labute approximate surface area is 99.1 Å². The van der Waals surface area contributed by atoms with Crippen molar-refractivity contribution < 1.29 is 4.74 Å². The van der Waals surface area contributed by atoms with Crippen LogP contribution >= 0.6 is 15.9 Å². The minimum Gasteiger partial charge on any atom is -0.494 e. The van der Waals surface area contributed by atoms with Gasteiger partial charge in [0.05, 0.1) is 6.61 Å². The maximum absolute atomic E-state index is 5.67. The molecule has 1 aromatic rings. The Morgan fingerprint density at radius 1 is 1.33 bits per heavy atom. The zero-order valence-electron chi connectivity index (χ0n) is 8.71. The number of nitrogens with one attached hydrogen (secondary N) is 1. The smallest absolute Gasteiger partial charge is 0.119 e. The molecule has 1 unspecified atom stereocenters. The summed E-state index contributed by atoms with van der Waals surface area (Å²) in [6.45, 7) is 3.15. The maximum atomic E-state index is 5.67. The van der Waals surface area contributed by atoms with Gasteiger partial charge in [0.1, 0.15) is 5.75 Å². The first-order valence-corrected chi connectivity index (χ1v) is 6.23. The fourth-order valence-electron chi connectivity index (χ4n) is 1.84. The molecule has 1 N–H and O–H groups in total. The molecule has 0 radical (unpaired) electrons. The molecule has 1 aliphatic rings. The predicted octanol–water partition coefficient (Wildman–Crippen LogP) is 2.83. The molecule has 0 saturated carbocycles. The average Bonchev–Trinajstić information content (AvgIpc) is 2.74. The third kappa shape index (κ3) is 3.50. The van der Waals surface area contributed by atoms with Crippen LogP contribution in [-0.2, 0) is 0 Å². The van der Waals surface area contributed by atoms with E-state index < -0.39 is 0 Å². The Morgan fingerprint density at radius 2 is 2.13 bits per heavy atom. The van der Waals surface area contributed by atoms with E-state index in [0.29, 0.717) is 0 Å². The molecule has 1 fully saturated rings. The lowest BCUT2D eigenvalue weighted by Crippen LogP contribution is -2.11. The van der Waals surface area contributed by atoms with E-state index in [1.165, 1.54) is 13.0 Å². The van der Waals surface area contributed by atoms with Gasteiger partial charge in [-0.05, 0) is 56.1 Å². The van der Waals surface area contributed by atoms with Crippen LogP contribution in [0.25, 0.3) is 0 Å². The molecule has 0 amide bonds. The van der Waals surface area contributed by atoms with E-state index in [0.717, 1.165) is 35.7 Å². The van der Waals surface area contributed by atoms with Crippen LogP contribution in [-0.4, -0.2) is 19.7 Å². The summed E-state index contributed by atoms with van der Waals surface area (Å²) in [5.41, 5.74) is 0. The molecule has 82 valence electrons. The normalized spacial score (nSPS) is 20.5. The molecule has 0 spiro atoms. The second kappa shape index (κ2) is 5.52. The van der Waals surface area contributed by atoms with Crippen molar-refractivity contribution in [3.05, 3.63) is 28.7 Å². The van der Waals surface area contributed by atoms with E-state index in [2.05, 4.69) is 21.2 Å². The molecule has 0 aliphatic carbocycles. The standard InChI is InChI=1S/C12H16BrNO/c13-11-1-3-12(4-2-11)15-8-6-10-5-7-14-9-10/h1-4,10,14H,5-9H2. The summed E-state index contributed by atoms with van der Waals surface area (Å²) < 4.78 is 6.77. The van der Waals surface area contributed by atoms with Gasteiger partial charge in [-0.15, -0.1) is 0 Å². The van der Waals surface area contributed by atoms with Crippen LogP contribution in [0.15, 0.2) is 28.7 Å². The summed E-state index contributed by atoms with van der Waals surface area (Å²) in [6, 6.07) is 8.01. The Balaban J connectivity index is 1.71. The lowest BCUT2D eigenvalue weighted by atomic mass is 10.1. The van der Waals surface area contributed by atoms with Crippen molar-refractivity contribution in [1.82, 2.24) is 5.32 Å². The quantitative estimate of drug-likeness (QED) is 0.908. The van der Waals surface area contributed by atoms with Crippen LogP contribution in [0.2, 0.25) is 0 Å². The van der Waals surface area contributed by atoms with Gasteiger partial charge in [-0.3, -0.25) is 0 Å². The number of rotatable bonds is 4. The minimum absolute atomic E-state index is 0.806. The van der Waals surface area contributed by atoms with Gasteiger partial charge in [-0.1, -0.05) is 15.9 Å². The van der Waals surface area contributed by atoms with Gasteiger partial charge in [0.25, 0.3) is 0 Å². The first-order valence-electron chi connectivity index (χ1n) is 5.44. The largest absolute Gasteiger partial charge is 0.494 e. The van der Waals surface area contributed by atoms with Crippen LogP contribution in [0.5, 0.6) is 5.75 Å². The van der Waals surface area contributed by atoms with Crippen molar-refractivity contribution in [3.63, 3.8) is 0 Å². The molecule has 2 rings (SSSR count). The SMILES string of the molecule is Brc1ccc(OCCC2CCNC2)cc1. The molecule has 0 bridgehead atoms. The Kier molecular flexibility index (Phi) is 4.03. The first-order chi connectivity index (χ1) is 7.34. The summed E-state index contributed by atoms with van der Waals surface area (Å²) in [6.07, 6.45) is 2.45. The van der Waals surface area contributed by atoms with E-state index in [9.17, 15) is 0 Å². The van der Waals surface area contributed by atoms with Crippen LogP contribution in [0, 0.1) is 5.92 Å². The molecule has 0 aromatic heterocycles. The fraction of sp³-hybridized carbons (Fsp3) is 0.500. The molecule has 1 heterocycles. The van der Waals surface area contributed by atoms with Crippen LogP contribution in [0.4, 0.5) is 0 Å². The molecule has 15 heavy (non-hydrogen) atoms. The molecule has 1 atom stereocenters. The number of ether oxygens (including phenoxy) is 1. The van der Waals surface area contributed by atoms with Crippen LogP contribution in [0.1, 0.15) is 12.8 Å². The Bertz CT molecular complexity index is 293. The van der Waals surface area contributed by atoms with Gasteiger partial charge in [0, 0.05) is 4.47 Å². The van der Waals surface area contributed by atoms with Gasteiger partial charge in [0.15, 0.2) is 0 Å². The van der Waals surface area contributed by atoms with Crippen molar-refractivity contribution >= 4 is 15.9 Å². The van der Waals surface area contributed by atoms with Crippen molar-refractivity contribution in [1.29, 1.82) is 0 Å². The van der Waals surface area contributed by atoms with Gasteiger partial charge in [-0.2, -0.15) is 0 Å². The highest BCUT2D eigenvalue weighted by molar-refractivity contribution is 9.10. The van der Waals surface area contributed by atoms with E-state index in [4.69, 9.17) is 4.74 Å². The number of hydrogen-bond acceptors (Lipinski definition) is 2. The zero-order chi connectivity index (χ0) is 10.5. The summed E-state index contributed by atoms with van der Waals surface area (Å²) in [5, 5.41) is 3.37. The zero-order valence-corrected chi connectivity index (χ0v) is 10.3. The van der Waals surface area contributed by atoms with Crippen LogP contribution < -0.4 is 10.1 Å². The highest BCUT2D eigenvalue weighted by atomic mass is 79.9. The highest BCUT2D eigenvalue weighted by Crippen LogP contribution is 2.17. The fourth-order valence-corrected chi connectivity index (χ4v) is 2.10. The Morgan fingerprint density at radius 3 is 2.80 bits per heavy atom. The summed E-state index contributed by atoms with van der Waals surface area (Å²) in [4.78, 5) is 0. The second-order valence-electron chi connectivity index (χ2n) is 3.95. The number of halogens is 1. The molecule has 2 nitrogen and oxygen atoms in total. The topological polar surface area (TPSA) is 21.3 Å². The minimum atomic E-state index is 0.806. The van der Waals surface area contributed by atoms with Gasteiger partial charge >= 0.3 is 0 Å². The van der Waals surface area contributed by atoms with Gasteiger partial charge in [-0.25, -0.2) is 0 Å². The molecule has 1 aliphatic heterocycles. The van der Waals surface area contributed by atoms with E-state index in [1.807, 2.05) is 24.3 Å².